The molecule has 0 aromatic carbocycles. The van der Waals surface area contributed by atoms with E-state index in [1.807, 2.05) is 0 Å². The van der Waals surface area contributed by atoms with Crippen LogP contribution in [0.3, 0.4) is 0 Å². The molecular weight excluding hydrogens is 370 g/mol. The number of hydrogen-bond acceptors (Lipinski definition) is 3. The fraction of sp³-hybridized carbons (Fsp3) is 0.273. The van der Waals surface area contributed by atoms with Gasteiger partial charge in [-0.05, 0) is 69.0 Å². The molecule has 2 aromatic heterocycles. The molecule has 0 aliphatic heterocycles. The van der Waals surface area contributed by atoms with E-state index in [1.165, 1.54) is 24.7 Å². The summed E-state index contributed by atoms with van der Waals surface area (Å²) in [6.45, 7) is 4.20. The van der Waals surface area contributed by atoms with E-state index in [0.29, 0.717) is 0 Å². The summed E-state index contributed by atoms with van der Waals surface area (Å²) in [5.41, 5.74) is 8.75. The quantitative estimate of drug-likeness (QED) is 0.779. The van der Waals surface area contributed by atoms with Crippen LogP contribution in [0.1, 0.15) is 26.9 Å². The van der Waals surface area contributed by atoms with Gasteiger partial charge in [-0.2, -0.15) is 0 Å². The standard InChI is InChI=1S/C11H11Br2NS2/c1-5-3-8(16-11(5)13)10(14)7-4-9(12)15-6(7)2/h3-4,10H,14H2,1-2H3. The maximum atomic E-state index is 6.29. The smallest absolute Gasteiger partial charge is 0.0731 e. The Labute approximate surface area is 120 Å². The second kappa shape index (κ2) is 4.90. The summed E-state index contributed by atoms with van der Waals surface area (Å²) in [6, 6.07) is 4.26. The Balaban J connectivity index is 2.38. The zero-order chi connectivity index (χ0) is 11.9. The van der Waals surface area contributed by atoms with Crippen LogP contribution < -0.4 is 5.73 Å². The first-order valence-electron chi connectivity index (χ1n) is 4.76. The van der Waals surface area contributed by atoms with Crippen molar-refractivity contribution in [3.05, 3.63) is 40.6 Å². The maximum absolute atomic E-state index is 6.29. The van der Waals surface area contributed by atoms with Crippen molar-refractivity contribution in [2.45, 2.75) is 19.9 Å². The summed E-state index contributed by atoms with van der Waals surface area (Å²) in [7, 11) is 0. The highest BCUT2D eigenvalue weighted by Crippen LogP contribution is 2.37. The molecule has 0 saturated heterocycles. The number of aryl methyl sites for hydroxylation is 2. The molecule has 0 radical (unpaired) electrons. The van der Waals surface area contributed by atoms with Crippen molar-refractivity contribution in [3.8, 4) is 0 Å². The SMILES string of the molecule is Cc1cc(C(N)c2cc(Br)sc2C)sc1Br. The molecular formula is C11H11Br2NS2. The van der Waals surface area contributed by atoms with Gasteiger partial charge in [0, 0.05) is 9.75 Å². The summed E-state index contributed by atoms with van der Waals surface area (Å²) >= 11 is 10.5. The van der Waals surface area contributed by atoms with Crippen molar-refractivity contribution in [2.24, 2.45) is 5.73 Å². The molecule has 0 aliphatic rings. The van der Waals surface area contributed by atoms with Gasteiger partial charge in [0.2, 0.25) is 0 Å². The van der Waals surface area contributed by atoms with Gasteiger partial charge >= 0.3 is 0 Å². The molecule has 0 bridgehead atoms. The molecule has 0 spiro atoms. The predicted octanol–water partition coefficient (Wildman–Crippen LogP) is 5.00. The second-order valence-electron chi connectivity index (χ2n) is 3.65. The summed E-state index contributed by atoms with van der Waals surface area (Å²) in [6.07, 6.45) is 0. The van der Waals surface area contributed by atoms with Crippen molar-refractivity contribution < 1.29 is 0 Å². The zero-order valence-electron chi connectivity index (χ0n) is 8.88. The van der Waals surface area contributed by atoms with Crippen molar-refractivity contribution in [1.29, 1.82) is 0 Å². The van der Waals surface area contributed by atoms with Crippen LogP contribution in [-0.2, 0) is 0 Å². The van der Waals surface area contributed by atoms with Gasteiger partial charge in [0.05, 0.1) is 13.6 Å². The Morgan fingerprint density at radius 2 is 1.88 bits per heavy atom. The Kier molecular flexibility index (Phi) is 3.91. The van der Waals surface area contributed by atoms with E-state index in [0.717, 1.165) is 3.79 Å². The number of thiophene rings is 2. The molecule has 2 N–H and O–H groups in total. The highest BCUT2D eigenvalue weighted by molar-refractivity contribution is 9.11. The van der Waals surface area contributed by atoms with Crippen LogP contribution >= 0.6 is 54.5 Å². The van der Waals surface area contributed by atoms with Gasteiger partial charge in [0.25, 0.3) is 0 Å². The predicted molar refractivity (Wildman–Crippen MR) is 79.5 cm³/mol. The van der Waals surface area contributed by atoms with E-state index in [4.69, 9.17) is 5.73 Å². The molecule has 1 atom stereocenters. The van der Waals surface area contributed by atoms with Crippen LogP contribution in [0.15, 0.2) is 19.7 Å². The van der Waals surface area contributed by atoms with Crippen molar-refractivity contribution in [2.75, 3.05) is 0 Å². The lowest BCUT2D eigenvalue weighted by molar-refractivity contribution is 0.890. The molecule has 16 heavy (non-hydrogen) atoms. The van der Waals surface area contributed by atoms with Crippen LogP contribution in [0.2, 0.25) is 0 Å². The highest BCUT2D eigenvalue weighted by atomic mass is 79.9. The second-order valence-corrected chi connectivity index (χ2v) is 8.68. The average Bonchev–Trinajstić information content (AvgIpc) is 2.70. The third-order valence-corrected chi connectivity index (χ3v) is 6.23. The molecule has 1 unspecified atom stereocenters. The number of rotatable bonds is 2. The summed E-state index contributed by atoms with van der Waals surface area (Å²) in [5.74, 6) is 0. The van der Waals surface area contributed by atoms with Gasteiger partial charge in [-0.1, -0.05) is 0 Å². The van der Waals surface area contributed by atoms with Gasteiger partial charge in [-0.15, -0.1) is 22.7 Å². The lowest BCUT2D eigenvalue weighted by Crippen LogP contribution is -2.10. The monoisotopic (exact) mass is 379 g/mol. The summed E-state index contributed by atoms with van der Waals surface area (Å²) < 4.78 is 2.31. The molecule has 2 aromatic rings. The number of halogens is 2. The third-order valence-electron chi connectivity index (χ3n) is 2.44. The minimum atomic E-state index is -0.0162. The lowest BCUT2D eigenvalue weighted by Gasteiger charge is -2.08. The molecule has 0 fully saturated rings. The fourth-order valence-electron chi connectivity index (χ4n) is 1.56. The van der Waals surface area contributed by atoms with Crippen LogP contribution in [0.5, 0.6) is 0 Å². The minimum absolute atomic E-state index is 0.0162. The fourth-order valence-corrected chi connectivity index (χ4v) is 4.91. The van der Waals surface area contributed by atoms with E-state index < -0.39 is 0 Å². The number of nitrogens with two attached hydrogens (primary N) is 1. The molecule has 2 heterocycles. The largest absolute Gasteiger partial charge is 0.320 e. The Bertz CT molecular complexity index is 497. The molecule has 0 amide bonds. The van der Waals surface area contributed by atoms with E-state index >= 15 is 0 Å². The highest BCUT2D eigenvalue weighted by Gasteiger charge is 2.17. The van der Waals surface area contributed by atoms with E-state index in [2.05, 4.69) is 57.8 Å². The first-order chi connectivity index (χ1) is 7.49. The van der Waals surface area contributed by atoms with Gasteiger partial charge < -0.3 is 5.73 Å². The van der Waals surface area contributed by atoms with Crippen LogP contribution in [0, 0.1) is 13.8 Å². The Morgan fingerprint density at radius 3 is 2.31 bits per heavy atom. The maximum Gasteiger partial charge on any atom is 0.0731 e. The van der Waals surface area contributed by atoms with Gasteiger partial charge in [-0.3, -0.25) is 0 Å². The van der Waals surface area contributed by atoms with Gasteiger partial charge in [-0.25, -0.2) is 0 Å². The third kappa shape index (κ3) is 2.43. The first-order valence-corrected chi connectivity index (χ1v) is 7.98. The van der Waals surface area contributed by atoms with Crippen LogP contribution in [0.4, 0.5) is 0 Å². The summed E-state index contributed by atoms with van der Waals surface area (Å²) in [5, 5.41) is 0. The number of hydrogen-bond donors (Lipinski definition) is 1. The van der Waals surface area contributed by atoms with E-state index in [1.54, 1.807) is 22.7 Å². The topological polar surface area (TPSA) is 26.0 Å². The van der Waals surface area contributed by atoms with Crippen LogP contribution in [0.25, 0.3) is 0 Å². The van der Waals surface area contributed by atoms with E-state index in [9.17, 15) is 0 Å². The average molecular weight is 381 g/mol. The van der Waals surface area contributed by atoms with Gasteiger partial charge in [0.1, 0.15) is 0 Å². The molecule has 0 saturated carbocycles. The first kappa shape index (κ1) is 12.8. The van der Waals surface area contributed by atoms with Crippen molar-refractivity contribution in [1.82, 2.24) is 0 Å². The zero-order valence-corrected chi connectivity index (χ0v) is 13.7. The Hall–Kier alpha value is 0.320. The van der Waals surface area contributed by atoms with Gasteiger partial charge in [0.15, 0.2) is 0 Å². The molecule has 86 valence electrons. The Morgan fingerprint density at radius 1 is 1.19 bits per heavy atom. The van der Waals surface area contributed by atoms with E-state index in [-0.39, 0.29) is 6.04 Å². The minimum Gasteiger partial charge on any atom is -0.320 e. The molecule has 1 nitrogen and oxygen atoms in total. The van der Waals surface area contributed by atoms with Crippen LogP contribution in [-0.4, -0.2) is 0 Å². The normalized spacial score (nSPS) is 13.1. The molecule has 5 heteroatoms. The summed E-state index contributed by atoms with van der Waals surface area (Å²) in [4.78, 5) is 2.49. The van der Waals surface area contributed by atoms with Crippen molar-refractivity contribution in [3.63, 3.8) is 0 Å². The molecule has 0 aliphatic carbocycles. The molecule has 2 rings (SSSR count). The lowest BCUT2D eigenvalue weighted by atomic mass is 10.1. The van der Waals surface area contributed by atoms with Crippen molar-refractivity contribution >= 4 is 54.5 Å².